The van der Waals surface area contributed by atoms with Gasteiger partial charge < -0.3 is 15.1 Å². The summed E-state index contributed by atoms with van der Waals surface area (Å²) in [6.45, 7) is 9.43. The lowest BCUT2D eigenvalue weighted by atomic mass is 10.1. The van der Waals surface area contributed by atoms with Gasteiger partial charge in [0.05, 0.1) is 12.1 Å². The van der Waals surface area contributed by atoms with Gasteiger partial charge in [-0.2, -0.15) is 0 Å². The molecule has 0 bridgehead atoms. The second-order valence-electron chi connectivity index (χ2n) is 7.95. The minimum atomic E-state index is 0.00881. The van der Waals surface area contributed by atoms with Crippen molar-refractivity contribution in [3.05, 3.63) is 57.6 Å². The number of likely N-dealkylation sites (N-methyl/N-ethyl adjacent to an activating group) is 1. The Morgan fingerprint density at radius 1 is 0.786 bits per heavy atom. The van der Waals surface area contributed by atoms with E-state index in [2.05, 4.69) is 11.9 Å². The number of aliphatic imine (C=N–C) groups is 2. The van der Waals surface area contributed by atoms with Crippen LogP contribution in [0.5, 0.6) is 11.5 Å². The summed E-state index contributed by atoms with van der Waals surface area (Å²) in [7, 11) is 2.06. The summed E-state index contributed by atoms with van der Waals surface area (Å²) in [6.07, 6.45) is 3.52. The van der Waals surface area contributed by atoms with Crippen LogP contribution < -0.4 is 0 Å². The van der Waals surface area contributed by atoms with Crippen molar-refractivity contribution in [2.45, 2.75) is 39.8 Å². The molecular weight excluding hydrogens is 350 g/mol. The van der Waals surface area contributed by atoms with E-state index in [0.29, 0.717) is 0 Å². The molecule has 1 saturated heterocycles. The van der Waals surface area contributed by atoms with E-state index in [9.17, 15) is 10.2 Å². The van der Waals surface area contributed by atoms with E-state index < -0.39 is 0 Å². The lowest BCUT2D eigenvalue weighted by molar-refractivity contribution is 0.408. The molecule has 2 atom stereocenters. The molecule has 2 aromatic carbocycles. The SMILES string of the molecule is Cc1cc(C)c(O)c(C=N[C@@H]2CN(C)C[C@H]2N=Cc2cc(C)cc(C)c2O)c1. The highest BCUT2D eigenvalue weighted by atomic mass is 16.3. The van der Waals surface area contributed by atoms with Crippen molar-refractivity contribution in [1.82, 2.24) is 4.90 Å². The minimum Gasteiger partial charge on any atom is -0.507 e. The first-order valence-corrected chi connectivity index (χ1v) is 9.60. The molecule has 2 N–H and O–H groups in total. The molecule has 1 aliphatic heterocycles. The van der Waals surface area contributed by atoms with Crippen LogP contribution in [-0.4, -0.2) is 59.8 Å². The van der Waals surface area contributed by atoms with Crippen LogP contribution in [-0.2, 0) is 0 Å². The Labute approximate surface area is 167 Å². The number of phenols is 2. The molecule has 5 heteroatoms. The highest BCUT2D eigenvalue weighted by Crippen LogP contribution is 2.24. The molecule has 148 valence electrons. The van der Waals surface area contributed by atoms with E-state index in [1.165, 1.54) is 0 Å². The predicted molar refractivity (Wildman–Crippen MR) is 115 cm³/mol. The first-order valence-electron chi connectivity index (χ1n) is 9.60. The number of aromatic hydroxyl groups is 2. The molecule has 0 amide bonds. The third-order valence-electron chi connectivity index (χ3n) is 5.20. The molecule has 0 radical (unpaired) electrons. The van der Waals surface area contributed by atoms with Gasteiger partial charge in [-0.3, -0.25) is 9.98 Å². The van der Waals surface area contributed by atoms with Crippen LogP contribution in [0.15, 0.2) is 34.3 Å². The van der Waals surface area contributed by atoms with Crippen LogP contribution in [0.1, 0.15) is 33.4 Å². The highest BCUT2D eigenvalue weighted by Gasteiger charge is 2.29. The van der Waals surface area contributed by atoms with E-state index in [1.54, 1.807) is 12.4 Å². The van der Waals surface area contributed by atoms with Gasteiger partial charge in [0, 0.05) is 36.6 Å². The Morgan fingerprint density at radius 2 is 1.18 bits per heavy atom. The second kappa shape index (κ2) is 8.15. The molecule has 0 unspecified atom stereocenters. The zero-order chi connectivity index (χ0) is 20.4. The summed E-state index contributed by atoms with van der Waals surface area (Å²) in [6, 6.07) is 7.81. The Bertz CT molecular complexity index is 858. The Hall–Kier alpha value is -2.66. The topological polar surface area (TPSA) is 68.4 Å². The summed E-state index contributed by atoms with van der Waals surface area (Å²) in [5, 5.41) is 20.6. The maximum Gasteiger partial charge on any atom is 0.127 e. The number of benzene rings is 2. The monoisotopic (exact) mass is 379 g/mol. The predicted octanol–water partition coefficient (Wildman–Crippen LogP) is 3.55. The average Bonchev–Trinajstić information content (AvgIpc) is 2.98. The normalized spacial score (nSPS) is 20.6. The lowest BCUT2D eigenvalue weighted by Crippen LogP contribution is -2.20. The van der Waals surface area contributed by atoms with Gasteiger partial charge in [-0.1, -0.05) is 12.1 Å². The van der Waals surface area contributed by atoms with Crippen molar-refractivity contribution < 1.29 is 10.2 Å². The van der Waals surface area contributed by atoms with Crippen molar-refractivity contribution in [3.63, 3.8) is 0 Å². The number of likely N-dealkylation sites (tertiary alicyclic amines) is 1. The summed E-state index contributed by atoms with van der Waals surface area (Å²) in [5.41, 5.74) is 5.37. The Kier molecular flexibility index (Phi) is 5.84. The zero-order valence-electron chi connectivity index (χ0n) is 17.3. The van der Waals surface area contributed by atoms with Crippen molar-refractivity contribution in [3.8, 4) is 11.5 Å². The van der Waals surface area contributed by atoms with Gasteiger partial charge in [-0.15, -0.1) is 0 Å². The number of aryl methyl sites for hydroxylation is 4. The fourth-order valence-corrected chi connectivity index (χ4v) is 3.78. The fourth-order valence-electron chi connectivity index (χ4n) is 3.78. The number of phenolic OH excluding ortho intramolecular Hbond substituents is 2. The van der Waals surface area contributed by atoms with E-state index in [1.807, 2.05) is 52.0 Å². The van der Waals surface area contributed by atoms with Crippen LogP contribution in [0.4, 0.5) is 0 Å². The molecule has 2 aromatic rings. The highest BCUT2D eigenvalue weighted by molar-refractivity contribution is 5.85. The lowest BCUT2D eigenvalue weighted by Gasteiger charge is -2.11. The molecule has 5 nitrogen and oxygen atoms in total. The van der Waals surface area contributed by atoms with E-state index in [4.69, 9.17) is 9.98 Å². The molecule has 1 fully saturated rings. The van der Waals surface area contributed by atoms with Crippen molar-refractivity contribution in [1.29, 1.82) is 0 Å². The van der Waals surface area contributed by atoms with Crippen LogP contribution in [0.2, 0.25) is 0 Å². The largest absolute Gasteiger partial charge is 0.507 e. The fraction of sp³-hybridized carbons (Fsp3) is 0.391. The van der Waals surface area contributed by atoms with E-state index >= 15 is 0 Å². The van der Waals surface area contributed by atoms with Crippen molar-refractivity contribution in [2.75, 3.05) is 20.1 Å². The van der Waals surface area contributed by atoms with E-state index in [0.717, 1.165) is 46.5 Å². The van der Waals surface area contributed by atoms with Crippen molar-refractivity contribution in [2.24, 2.45) is 9.98 Å². The van der Waals surface area contributed by atoms with Gasteiger partial charge in [0.15, 0.2) is 0 Å². The molecule has 1 heterocycles. The molecule has 0 aromatic heterocycles. The number of hydrogen-bond donors (Lipinski definition) is 2. The molecule has 28 heavy (non-hydrogen) atoms. The van der Waals surface area contributed by atoms with Crippen LogP contribution in [0.3, 0.4) is 0 Å². The first kappa shape index (κ1) is 20.1. The molecule has 0 aliphatic carbocycles. The zero-order valence-corrected chi connectivity index (χ0v) is 17.3. The average molecular weight is 380 g/mol. The summed E-state index contributed by atoms with van der Waals surface area (Å²) >= 11 is 0. The van der Waals surface area contributed by atoms with Gasteiger partial charge in [0.2, 0.25) is 0 Å². The first-order chi connectivity index (χ1) is 13.2. The van der Waals surface area contributed by atoms with Gasteiger partial charge in [-0.25, -0.2) is 0 Å². The Balaban J connectivity index is 1.82. The standard InChI is InChI=1S/C23H29N3O2/c1-14-6-16(3)22(27)18(8-14)10-24-20-12-26(5)13-21(20)25-11-19-9-15(2)7-17(4)23(19)28/h6-11,20-21,27-28H,12-13H2,1-5H3/t20-,21-/m1/s1. The number of rotatable bonds is 4. The minimum absolute atomic E-state index is 0.00881. The second-order valence-corrected chi connectivity index (χ2v) is 7.95. The van der Waals surface area contributed by atoms with Gasteiger partial charge >= 0.3 is 0 Å². The third-order valence-corrected chi connectivity index (χ3v) is 5.20. The number of nitrogens with zero attached hydrogens (tertiary/aromatic N) is 3. The smallest absolute Gasteiger partial charge is 0.127 e. The molecule has 1 aliphatic rings. The van der Waals surface area contributed by atoms with Crippen LogP contribution in [0.25, 0.3) is 0 Å². The van der Waals surface area contributed by atoms with Gasteiger partial charge in [-0.05, 0) is 69.1 Å². The molecule has 0 spiro atoms. The molecular formula is C23H29N3O2. The third kappa shape index (κ3) is 4.42. The number of hydrogen-bond acceptors (Lipinski definition) is 5. The molecule has 3 rings (SSSR count). The van der Waals surface area contributed by atoms with E-state index in [-0.39, 0.29) is 23.6 Å². The summed E-state index contributed by atoms with van der Waals surface area (Å²) in [4.78, 5) is 11.7. The van der Waals surface area contributed by atoms with Crippen molar-refractivity contribution >= 4 is 12.4 Å². The maximum atomic E-state index is 10.3. The maximum absolute atomic E-state index is 10.3. The summed E-state index contributed by atoms with van der Waals surface area (Å²) < 4.78 is 0. The quantitative estimate of drug-likeness (QED) is 0.798. The Morgan fingerprint density at radius 3 is 1.57 bits per heavy atom. The van der Waals surface area contributed by atoms with Gasteiger partial charge in [0.1, 0.15) is 11.5 Å². The van der Waals surface area contributed by atoms with Gasteiger partial charge in [0.25, 0.3) is 0 Å². The van der Waals surface area contributed by atoms with Crippen LogP contribution in [0, 0.1) is 27.7 Å². The summed E-state index contributed by atoms with van der Waals surface area (Å²) in [5.74, 6) is 0.557. The molecule has 0 saturated carbocycles. The van der Waals surface area contributed by atoms with Crippen LogP contribution >= 0.6 is 0 Å².